The second-order valence-corrected chi connectivity index (χ2v) is 3.18. The zero-order valence-corrected chi connectivity index (χ0v) is 7.68. The van der Waals surface area contributed by atoms with Crippen LogP contribution in [-0.4, -0.2) is 31.4 Å². The molecule has 2 heteroatoms. The van der Waals surface area contributed by atoms with E-state index in [-0.39, 0.29) is 0 Å². The molecule has 0 aromatic heterocycles. The van der Waals surface area contributed by atoms with Crippen molar-refractivity contribution >= 4 is 5.84 Å². The van der Waals surface area contributed by atoms with E-state index >= 15 is 0 Å². The van der Waals surface area contributed by atoms with E-state index in [0.29, 0.717) is 5.92 Å². The molecule has 0 fully saturated rings. The van der Waals surface area contributed by atoms with Gasteiger partial charge in [-0.3, -0.25) is 4.99 Å². The van der Waals surface area contributed by atoms with Gasteiger partial charge >= 0.3 is 0 Å². The summed E-state index contributed by atoms with van der Waals surface area (Å²) in [5.41, 5.74) is 0. The molecular weight excluding hydrogens is 124 g/mol. The maximum Gasteiger partial charge on any atom is 0.0952 e. The van der Waals surface area contributed by atoms with Crippen LogP contribution in [0.2, 0.25) is 0 Å². The Morgan fingerprint density at radius 1 is 1.40 bits per heavy atom. The fraction of sp³-hybridized carbons (Fsp3) is 0.875. The third-order valence-corrected chi connectivity index (χ3v) is 1.33. The molecule has 0 saturated carbocycles. The van der Waals surface area contributed by atoms with E-state index in [1.54, 1.807) is 0 Å². The second-order valence-electron chi connectivity index (χ2n) is 3.18. The van der Waals surface area contributed by atoms with Crippen molar-refractivity contribution in [3.63, 3.8) is 0 Å². The Morgan fingerprint density at radius 2 is 1.90 bits per heavy atom. The smallest absolute Gasteiger partial charge is 0.0952 e. The SMILES string of the molecule is C/C(=N\CC(C)C)N(C)C. The molecule has 0 aromatic carbocycles. The molecule has 0 heterocycles. The van der Waals surface area contributed by atoms with Crippen LogP contribution in [0, 0.1) is 5.92 Å². The Morgan fingerprint density at radius 3 is 2.20 bits per heavy atom. The summed E-state index contributed by atoms with van der Waals surface area (Å²) >= 11 is 0. The van der Waals surface area contributed by atoms with Crippen LogP contribution < -0.4 is 0 Å². The summed E-state index contributed by atoms with van der Waals surface area (Å²) in [5, 5.41) is 0. The Bertz CT molecular complexity index is 114. The van der Waals surface area contributed by atoms with E-state index in [2.05, 4.69) is 18.8 Å². The van der Waals surface area contributed by atoms with Crippen LogP contribution in [0.1, 0.15) is 20.8 Å². The molecule has 0 saturated heterocycles. The first kappa shape index (κ1) is 9.47. The highest BCUT2D eigenvalue weighted by molar-refractivity contribution is 5.79. The van der Waals surface area contributed by atoms with Gasteiger partial charge in [0, 0.05) is 20.6 Å². The van der Waals surface area contributed by atoms with Gasteiger partial charge < -0.3 is 4.90 Å². The Hall–Kier alpha value is -0.530. The zero-order chi connectivity index (χ0) is 8.15. The van der Waals surface area contributed by atoms with Gasteiger partial charge in [-0.15, -0.1) is 0 Å². The van der Waals surface area contributed by atoms with Gasteiger partial charge in [0.2, 0.25) is 0 Å². The topological polar surface area (TPSA) is 15.6 Å². The molecule has 0 aliphatic carbocycles. The predicted octanol–water partition coefficient (Wildman–Crippen LogP) is 1.62. The minimum absolute atomic E-state index is 0.662. The van der Waals surface area contributed by atoms with Crippen LogP contribution in [0.25, 0.3) is 0 Å². The molecule has 0 bridgehead atoms. The van der Waals surface area contributed by atoms with E-state index < -0.39 is 0 Å². The van der Waals surface area contributed by atoms with E-state index in [4.69, 9.17) is 0 Å². The van der Waals surface area contributed by atoms with Gasteiger partial charge in [0.1, 0.15) is 0 Å². The number of amidine groups is 1. The highest BCUT2D eigenvalue weighted by Gasteiger charge is 1.93. The zero-order valence-electron chi connectivity index (χ0n) is 7.68. The summed E-state index contributed by atoms with van der Waals surface area (Å²) in [5.74, 6) is 1.77. The third kappa shape index (κ3) is 4.36. The van der Waals surface area contributed by atoms with Gasteiger partial charge in [0.05, 0.1) is 5.84 Å². The molecule has 0 rings (SSSR count). The van der Waals surface area contributed by atoms with Crippen LogP contribution in [0.3, 0.4) is 0 Å². The van der Waals surface area contributed by atoms with Crippen molar-refractivity contribution in [1.29, 1.82) is 0 Å². The second kappa shape index (κ2) is 4.31. The quantitative estimate of drug-likeness (QED) is 0.422. The van der Waals surface area contributed by atoms with Gasteiger partial charge in [-0.1, -0.05) is 13.8 Å². The fourth-order valence-electron chi connectivity index (χ4n) is 0.456. The minimum atomic E-state index is 0.662. The molecule has 60 valence electrons. The molecule has 0 spiro atoms. The molecule has 0 aliphatic rings. The molecule has 2 nitrogen and oxygen atoms in total. The molecule has 0 radical (unpaired) electrons. The number of aliphatic imine (C=N–C) groups is 1. The van der Waals surface area contributed by atoms with E-state index in [9.17, 15) is 0 Å². The van der Waals surface area contributed by atoms with Gasteiger partial charge in [0.15, 0.2) is 0 Å². The van der Waals surface area contributed by atoms with Gasteiger partial charge in [-0.2, -0.15) is 0 Å². The summed E-state index contributed by atoms with van der Waals surface area (Å²) in [6, 6.07) is 0. The monoisotopic (exact) mass is 142 g/mol. The predicted molar refractivity (Wildman–Crippen MR) is 46.5 cm³/mol. The maximum absolute atomic E-state index is 4.37. The summed E-state index contributed by atoms with van der Waals surface area (Å²) in [7, 11) is 4.03. The van der Waals surface area contributed by atoms with Crippen molar-refractivity contribution in [2.45, 2.75) is 20.8 Å². The fourth-order valence-corrected chi connectivity index (χ4v) is 0.456. The first-order valence-electron chi connectivity index (χ1n) is 3.72. The third-order valence-electron chi connectivity index (χ3n) is 1.33. The first-order chi connectivity index (χ1) is 4.54. The van der Waals surface area contributed by atoms with Crippen molar-refractivity contribution in [1.82, 2.24) is 4.90 Å². The highest BCUT2D eigenvalue weighted by atomic mass is 15.1. The number of hydrogen-bond donors (Lipinski definition) is 0. The van der Waals surface area contributed by atoms with E-state index in [1.165, 1.54) is 0 Å². The molecule has 0 atom stereocenters. The Balaban J connectivity index is 3.69. The Kier molecular flexibility index (Phi) is 4.08. The van der Waals surface area contributed by atoms with Crippen LogP contribution in [0.5, 0.6) is 0 Å². The standard InChI is InChI=1S/C8H18N2/c1-7(2)6-9-8(3)10(4)5/h7H,6H2,1-5H3/b9-8+. The molecular formula is C8H18N2. The number of nitrogens with zero attached hydrogens (tertiary/aromatic N) is 2. The van der Waals surface area contributed by atoms with Crippen molar-refractivity contribution in [2.75, 3.05) is 20.6 Å². The summed E-state index contributed by atoms with van der Waals surface area (Å²) in [6.07, 6.45) is 0. The molecule has 0 aliphatic heterocycles. The van der Waals surface area contributed by atoms with Crippen molar-refractivity contribution in [3.8, 4) is 0 Å². The lowest BCUT2D eigenvalue weighted by molar-refractivity contribution is 0.597. The Labute approximate surface area is 63.9 Å². The number of hydrogen-bond acceptors (Lipinski definition) is 1. The van der Waals surface area contributed by atoms with Crippen molar-refractivity contribution in [2.24, 2.45) is 10.9 Å². The summed E-state index contributed by atoms with van der Waals surface area (Å²) in [6.45, 7) is 7.31. The lowest BCUT2D eigenvalue weighted by atomic mass is 10.2. The van der Waals surface area contributed by atoms with E-state index in [0.717, 1.165) is 12.4 Å². The van der Waals surface area contributed by atoms with Crippen LogP contribution >= 0.6 is 0 Å². The van der Waals surface area contributed by atoms with Gasteiger partial charge in [-0.05, 0) is 12.8 Å². The summed E-state index contributed by atoms with van der Waals surface area (Å²) < 4.78 is 0. The summed E-state index contributed by atoms with van der Waals surface area (Å²) in [4.78, 5) is 6.40. The molecule has 0 N–H and O–H groups in total. The van der Waals surface area contributed by atoms with Gasteiger partial charge in [-0.25, -0.2) is 0 Å². The van der Waals surface area contributed by atoms with Crippen molar-refractivity contribution in [3.05, 3.63) is 0 Å². The average molecular weight is 142 g/mol. The van der Waals surface area contributed by atoms with Gasteiger partial charge in [0.25, 0.3) is 0 Å². The molecule has 0 amide bonds. The lowest BCUT2D eigenvalue weighted by Gasteiger charge is -2.11. The first-order valence-corrected chi connectivity index (χ1v) is 3.72. The largest absolute Gasteiger partial charge is 0.367 e. The highest BCUT2D eigenvalue weighted by Crippen LogP contribution is 1.93. The maximum atomic E-state index is 4.37. The normalized spacial score (nSPS) is 12.4. The average Bonchev–Trinajstić information content (AvgIpc) is 1.82. The molecule has 0 aromatic rings. The molecule has 0 unspecified atom stereocenters. The molecule has 10 heavy (non-hydrogen) atoms. The number of rotatable bonds is 2. The van der Waals surface area contributed by atoms with Crippen LogP contribution in [-0.2, 0) is 0 Å². The van der Waals surface area contributed by atoms with Crippen molar-refractivity contribution < 1.29 is 0 Å². The van der Waals surface area contributed by atoms with E-state index in [1.807, 2.05) is 25.9 Å². The van der Waals surface area contributed by atoms with Crippen LogP contribution in [0.15, 0.2) is 4.99 Å². The lowest BCUT2D eigenvalue weighted by Crippen LogP contribution is -2.19. The van der Waals surface area contributed by atoms with Crippen LogP contribution in [0.4, 0.5) is 0 Å². The minimum Gasteiger partial charge on any atom is -0.367 e.